The Morgan fingerprint density at radius 2 is 1.84 bits per heavy atom. The van der Waals surface area contributed by atoms with Gasteiger partial charge in [-0.05, 0) is 67.6 Å². The normalized spacial score (nSPS) is 17.0. The highest BCUT2D eigenvalue weighted by molar-refractivity contribution is 7.89. The Morgan fingerprint density at radius 1 is 1.10 bits per heavy atom. The largest absolute Gasteiger partial charge is 0.324 e. The number of nitrogens with zero attached hydrogens (tertiary/aromatic N) is 2. The van der Waals surface area contributed by atoms with Gasteiger partial charge in [0.15, 0.2) is 0 Å². The van der Waals surface area contributed by atoms with E-state index in [-0.39, 0.29) is 23.8 Å². The van der Waals surface area contributed by atoms with Crippen molar-refractivity contribution in [3.8, 4) is 0 Å². The van der Waals surface area contributed by atoms with E-state index < -0.39 is 21.7 Å². The Kier molecular flexibility index (Phi) is 5.81. The predicted octanol–water partition coefficient (Wildman–Crippen LogP) is 2.84. The zero-order valence-electron chi connectivity index (χ0n) is 17.2. The lowest BCUT2D eigenvalue weighted by atomic mass is 10.0. The van der Waals surface area contributed by atoms with Gasteiger partial charge in [-0.15, -0.1) is 0 Å². The van der Waals surface area contributed by atoms with Crippen LogP contribution in [0.5, 0.6) is 0 Å². The highest BCUT2D eigenvalue weighted by Gasteiger charge is 2.31. The number of halogens is 1. The van der Waals surface area contributed by atoms with Gasteiger partial charge in [0.2, 0.25) is 21.8 Å². The van der Waals surface area contributed by atoms with Gasteiger partial charge in [-0.3, -0.25) is 9.59 Å². The van der Waals surface area contributed by atoms with Crippen LogP contribution in [-0.4, -0.2) is 44.2 Å². The van der Waals surface area contributed by atoms with Crippen molar-refractivity contribution < 1.29 is 22.4 Å². The van der Waals surface area contributed by atoms with E-state index in [1.165, 1.54) is 21.3 Å². The number of nitrogens with one attached hydrogen (secondary N) is 1. The van der Waals surface area contributed by atoms with Crippen LogP contribution in [0.2, 0.25) is 0 Å². The molecule has 7 nitrogen and oxygen atoms in total. The highest BCUT2D eigenvalue weighted by Crippen LogP contribution is 2.31. The summed E-state index contributed by atoms with van der Waals surface area (Å²) >= 11 is 0. The number of carbonyl (C=O) groups is 2. The fourth-order valence-electron chi connectivity index (χ4n) is 3.96. The van der Waals surface area contributed by atoms with Crippen molar-refractivity contribution >= 4 is 33.2 Å². The first kappa shape index (κ1) is 21.5. The van der Waals surface area contributed by atoms with Gasteiger partial charge >= 0.3 is 0 Å². The quantitative estimate of drug-likeness (QED) is 0.767. The van der Waals surface area contributed by atoms with Crippen LogP contribution in [0.1, 0.15) is 30.4 Å². The summed E-state index contributed by atoms with van der Waals surface area (Å²) in [6.45, 7) is 2.43. The summed E-state index contributed by atoms with van der Waals surface area (Å²) in [6.07, 6.45) is 2.31. The average molecular weight is 446 g/mol. The van der Waals surface area contributed by atoms with Crippen molar-refractivity contribution in [1.82, 2.24) is 4.31 Å². The molecule has 2 aromatic carbocycles. The Hall–Kier alpha value is -2.78. The lowest BCUT2D eigenvalue weighted by Gasteiger charge is -2.29. The van der Waals surface area contributed by atoms with E-state index in [1.807, 2.05) is 0 Å². The Morgan fingerprint density at radius 3 is 2.55 bits per heavy atom. The number of hydrogen-bond donors (Lipinski definition) is 1. The highest BCUT2D eigenvalue weighted by atomic mass is 32.2. The maximum Gasteiger partial charge on any atom is 0.244 e. The van der Waals surface area contributed by atoms with E-state index in [1.54, 1.807) is 31.2 Å². The minimum Gasteiger partial charge on any atom is -0.324 e. The van der Waals surface area contributed by atoms with Crippen molar-refractivity contribution in [2.24, 2.45) is 0 Å². The second-order valence-electron chi connectivity index (χ2n) is 7.89. The molecule has 4 rings (SSSR count). The molecule has 0 bridgehead atoms. The molecule has 31 heavy (non-hydrogen) atoms. The maximum atomic E-state index is 13.7. The lowest BCUT2D eigenvalue weighted by molar-refractivity contribution is -0.121. The molecule has 0 atom stereocenters. The number of carbonyl (C=O) groups excluding carboxylic acids is 2. The standard InChI is InChI=1S/C22H24FN3O4S/c1-15-4-6-17(13-19(15)23)24-21(27)14-26-20-8-7-18(12-16(20)5-9-22(26)28)31(29,30)25-10-2-3-11-25/h4,6-8,12-13H,2-3,5,9-11,14H2,1H3,(H,24,27). The molecule has 2 aliphatic rings. The molecule has 9 heteroatoms. The van der Waals surface area contributed by atoms with E-state index in [2.05, 4.69) is 5.32 Å². The van der Waals surface area contributed by atoms with Crippen molar-refractivity contribution in [2.75, 3.05) is 29.9 Å². The molecule has 0 spiro atoms. The SMILES string of the molecule is Cc1ccc(NC(=O)CN2C(=O)CCc3cc(S(=O)(=O)N4CCCC4)ccc32)cc1F. The number of fused-ring (bicyclic) bond motifs is 1. The number of benzene rings is 2. The van der Waals surface area contributed by atoms with Crippen LogP contribution in [0.25, 0.3) is 0 Å². The second kappa shape index (κ2) is 8.39. The van der Waals surface area contributed by atoms with Gasteiger partial charge in [-0.2, -0.15) is 4.31 Å². The van der Waals surface area contributed by atoms with E-state index >= 15 is 0 Å². The lowest BCUT2D eigenvalue weighted by Crippen LogP contribution is -2.41. The first-order valence-electron chi connectivity index (χ1n) is 10.2. The van der Waals surface area contributed by atoms with Gasteiger partial charge in [0.25, 0.3) is 0 Å². The summed E-state index contributed by atoms with van der Waals surface area (Å²) in [5.41, 5.74) is 2.03. The molecule has 0 radical (unpaired) electrons. The Balaban J connectivity index is 1.54. The molecule has 0 saturated carbocycles. The van der Waals surface area contributed by atoms with Crippen LogP contribution < -0.4 is 10.2 Å². The van der Waals surface area contributed by atoms with E-state index in [0.717, 1.165) is 12.8 Å². The summed E-state index contributed by atoms with van der Waals surface area (Å²) in [5, 5.41) is 2.61. The summed E-state index contributed by atoms with van der Waals surface area (Å²) in [4.78, 5) is 26.6. The van der Waals surface area contributed by atoms with Gasteiger partial charge in [-0.1, -0.05) is 6.07 Å². The zero-order chi connectivity index (χ0) is 22.2. The number of rotatable bonds is 5. The molecular weight excluding hydrogens is 421 g/mol. The van der Waals surface area contributed by atoms with Gasteiger partial charge in [-0.25, -0.2) is 12.8 Å². The monoisotopic (exact) mass is 445 g/mol. The van der Waals surface area contributed by atoms with E-state index in [9.17, 15) is 22.4 Å². The number of aryl methyl sites for hydroxylation is 2. The fraction of sp³-hybridized carbons (Fsp3) is 0.364. The Bertz CT molecular complexity index is 1140. The molecule has 0 unspecified atom stereocenters. The average Bonchev–Trinajstić information content (AvgIpc) is 3.28. The first-order valence-corrected chi connectivity index (χ1v) is 11.7. The fourth-order valence-corrected chi connectivity index (χ4v) is 5.53. The van der Waals surface area contributed by atoms with Gasteiger partial charge in [0.1, 0.15) is 12.4 Å². The van der Waals surface area contributed by atoms with Gasteiger partial charge in [0, 0.05) is 30.9 Å². The molecule has 1 N–H and O–H groups in total. The van der Waals surface area contributed by atoms with Crippen molar-refractivity contribution in [3.05, 3.63) is 53.3 Å². The molecule has 2 aromatic rings. The van der Waals surface area contributed by atoms with E-state index in [0.29, 0.717) is 42.0 Å². The molecule has 0 aliphatic carbocycles. The van der Waals surface area contributed by atoms with Crippen LogP contribution in [0, 0.1) is 12.7 Å². The van der Waals surface area contributed by atoms with Crippen LogP contribution in [0.3, 0.4) is 0 Å². The molecular formula is C22H24FN3O4S. The topological polar surface area (TPSA) is 86.8 Å². The number of amides is 2. The van der Waals surface area contributed by atoms with Crippen molar-refractivity contribution in [3.63, 3.8) is 0 Å². The van der Waals surface area contributed by atoms with Gasteiger partial charge < -0.3 is 10.2 Å². The predicted molar refractivity (Wildman–Crippen MR) is 115 cm³/mol. The van der Waals surface area contributed by atoms with Crippen LogP contribution in [0.4, 0.5) is 15.8 Å². The molecule has 1 fully saturated rings. The molecule has 0 aromatic heterocycles. The smallest absolute Gasteiger partial charge is 0.244 e. The number of sulfonamides is 1. The maximum absolute atomic E-state index is 13.7. The third-order valence-corrected chi connectivity index (χ3v) is 7.61. The second-order valence-corrected chi connectivity index (χ2v) is 9.83. The van der Waals surface area contributed by atoms with Crippen molar-refractivity contribution in [2.45, 2.75) is 37.5 Å². The minimum absolute atomic E-state index is 0.187. The molecule has 164 valence electrons. The Labute approximate surface area is 180 Å². The van der Waals surface area contributed by atoms with Crippen molar-refractivity contribution in [1.29, 1.82) is 0 Å². The van der Waals surface area contributed by atoms with Gasteiger partial charge in [0.05, 0.1) is 4.90 Å². The van der Waals surface area contributed by atoms with Crippen LogP contribution in [-0.2, 0) is 26.0 Å². The van der Waals surface area contributed by atoms with Crippen LogP contribution in [0.15, 0.2) is 41.3 Å². The third kappa shape index (κ3) is 4.33. The summed E-state index contributed by atoms with van der Waals surface area (Å²) in [6, 6.07) is 9.08. The summed E-state index contributed by atoms with van der Waals surface area (Å²) in [7, 11) is -3.56. The summed E-state index contributed by atoms with van der Waals surface area (Å²) in [5.74, 6) is -1.10. The van der Waals surface area contributed by atoms with Crippen LogP contribution >= 0.6 is 0 Å². The molecule has 2 heterocycles. The molecule has 2 amide bonds. The molecule has 1 saturated heterocycles. The number of hydrogen-bond acceptors (Lipinski definition) is 4. The molecule has 2 aliphatic heterocycles. The number of anilines is 2. The first-order chi connectivity index (χ1) is 14.8. The third-order valence-electron chi connectivity index (χ3n) is 5.71. The van der Waals surface area contributed by atoms with E-state index in [4.69, 9.17) is 0 Å². The minimum atomic E-state index is -3.56. The summed E-state index contributed by atoms with van der Waals surface area (Å²) < 4.78 is 40.9. The zero-order valence-corrected chi connectivity index (χ0v) is 18.0.